The molecule has 1 atom stereocenters. The molecule has 1 N–H and O–H groups in total. The third-order valence-electron chi connectivity index (χ3n) is 3.62. The van der Waals surface area contributed by atoms with Gasteiger partial charge in [0.1, 0.15) is 0 Å². The maximum atomic E-state index is 4.45. The second-order valence-electron chi connectivity index (χ2n) is 5.80. The fourth-order valence-electron chi connectivity index (χ4n) is 2.39. The first kappa shape index (κ1) is 15.4. The van der Waals surface area contributed by atoms with Crippen molar-refractivity contribution in [2.45, 2.75) is 33.0 Å². The zero-order valence-corrected chi connectivity index (χ0v) is 13.5. The predicted octanol–water partition coefficient (Wildman–Crippen LogP) is 2.83. The Morgan fingerprint density at radius 3 is 2.48 bits per heavy atom. The molecule has 2 heterocycles. The summed E-state index contributed by atoms with van der Waals surface area (Å²) >= 11 is 0. The first-order valence-electron chi connectivity index (χ1n) is 7.79. The van der Waals surface area contributed by atoms with Crippen molar-refractivity contribution >= 4 is 0 Å². The molecule has 1 unspecified atom stereocenters. The number of aromatic nitrogens is 4. The van der Waals surface area contributed by atoms with E-state index in [0.29, 0.717) is 6.04 Å². The maximum Gasteiger partial charge on any atom is 0.159 e. The lowest BCUT2D eigenvalue weighted by atomic mass is 10.2. The smallest absolute Gasteiger partial charge is 0.159 e. The molecule has 0 amide bonds. The van der Waals surface area contributed by atoms with Crippen LogP contribution in [0.4, 0.5) is 0 Å². The summed E-state index contributed by atoms with van der Waals surface area (Å²) in [6.07, 6.45) is 7.69. The molecule has 23 heavy (non-hydrogen) atoms. The molecule has 118 valence electrons. The van der Waals surface area contributed by atoms with Gasteiger partial charge in [0.25, 0.3) is 0 Å². The largest absolute Gasteiger partial charge is 0.308 e. The topological polar surface area (TPSA) is 55.6 Å². The van der Waals surface area contributed by atoms with Gasteiger partial charge in [-0.3, -0.25) is 4.68 Å². The standard InChI is InChI=1S/C18H21N5/c1-14-8-22-23(12-14)13-15(2)19-9-16-10-20-18(21-11-16)17-6-4-3-5-7-17/h3-8,10-12,15,19H,9,13H2,1-2H3. The summed E-state index contributed by atoms with van der Waals surface area (Å²) in [5.41, 5.74) is 3.30. The third kappa shape index (κ3) is 4.23. The zero-order chi connectivity index (χ0) is 16.1. The minimum Gasteiger partial charge on any atom is -0.308 e. The summed E-state index contributed by atoms with van der Waals surface area (Å²) < 4.78 is 1.96. The van der Waals surface area contributed by atoms with E-state index in [4.69, 9.17) is 0 Å². The number of rotatable bonds is 6. The Bertz CT molecular complexity index is 734. The average molecular weight is 307 g/mol. The van der Waals surface area contributed by atoms with E-state index in [9.17, 15) is 0 Å². The SMILES string of the molecule is Cc1cnn(CC(C)NCc2cnc(-c3ccccc3)nc2)c1. The van der Waals surface area contributed by atoms with Crippen molar-refractivity contribution in [3.05, 3.63) is 66.2 Å². The number of nitrogens with zero attached hydrogens (tertiary/aromatic N) is 4. The maximum absolute atomic E-state index is 4.45. The van der Waals surface area contributed by atoms with E-state index in [1.165, 1.54) is 5.56 Å². The van der Waals surface area contributed by atoms with Crippen LogP contribution < -0.4 is 5.32 Å². The number of hydrogen-bond acceptors (Lipinski definition) is 4. The number of nitrogens with one attached hydrogen (secondary N) is 1. The Hall–Kier alpha value is -2.53. The molecule has 3 aromatic rings. The van der Waals surface area contributed by atoms with Crippen LogP contribution in [-0.2, 0) is 13.1 Å². The van der Waals surface area contributed by atoms with Gasteiger partial charge in [-0.25, -0.2) is 9.97 Å². The van der Waals surface area contributed by atoms with Gasteiger partial charge < -0.3 is 5.32 Å². The van der Waals surface area contributed by atoms with Crippen LogP contribution in [0.15, 0.2) is 55.1 Å². The van der Waals surface area contributed by atoms with Crippen LogP contribution in [0, 0.1) is 6.92 Å². The van der Waals surface area contributed by atoms with Crippen LogP contribution in [0.2, 0.25) is 0 Å². The highest BCUT2D eigenvalue weighted by molar-refractivity contribution is 5.53. The Morgan fingerprint density at radius 1 is 1.09 bits per heavy atom. The highest BCUT2D eigenvalue weighted by Crippen LogP contribution is 2.13. The van der Waals surface area contributed by atoms with E-state index in [2.05, 4.69) is 33.5 Å². The zero-order valence-electron chi connectivity index (χ0n) is 13.5. The van der Waals surface area contributed by atoms with Crippen LogP contribution in [0.5, 0.6) is 0 Å². The van der Waals surface area contributed by atoms with Crippen molar-refractivity contribution in [1.82, 2.24) is 25.1 Å². The van der Waals surface area contributed by atoms with Crippen molar-refractivity contribution in [3.63, 3.8) is 0 Å². The van der Waals surface area contributed by atoms with E-state index in [-0.39, 0.29) is 0 Å². The second kappa shape index (κ2) is 7.15. The molecule has 0 aliphatic heterocycles. The highest BCUT2D eigenvalue weighted by Gasteiger charge is 2.05. The molecule has 5 heteroatoms. The molecule has 0 spiro atoms. The molecular weight excluding hydrogens is 286 g/mol. The van der Waals surface area contributed by atoms with E-state index >= 15 is 0 Å². The fraction of sp³-hybridized carbons (Fsp3) is 0.278. The van der Waals surface area contributed by atoms with Crippen LogP contribution >= 0.6 is 0 Å². The van der Waals surface area contributed by atoms with E-state index in [1.54, 1.807) is 0 Å². The summed E-state index contributed by atoms with van der Waals surface area (Å²) in [4.78, 5) is 8.89. The van der Waals surface area contributed by atoms with Gasteiger partial charge in [-0.2, -0.15) is 5.10 Å². The number of benzene rings is 1. The molecule has 1 aromatic carbocycles. The minimum absolute atomic E-state index is 0.322. The van der Waals surface area contributed by atoms with Crippen molar-refractivity contribution in [1.29, 1.82) is 0 Å². The third-order valence-corrected chi connectivity index (χ3v) is 3.62. The van der Waals surface area contributed by atoms with Gasteiger partial charge in [-0.15, -0.1) is 0 Å². The van der Waals surface area contributed by atoms with Crippen molar-refractivity contribution < 1.29 is 0 Å². The van der Waals surface area contributed by atoms with Gasteiger partial charge in [-0.1, -0.05) is 30.3 Å². The van der Waals surface area contributed by atoms with Gasteiger partial charge in [0.15, 0.2) is 5.82 Å². The Morgan fingerprint density at radius 2 is 1.83 bits per heavy atom. The first-order chi connectivity index (χ1) is 11.2. The lowest BCUT2D eigenvalue weighted by molar-refractivity contribution is 0.450. The molecule has 0 aliphatic carbocycles. The number of aryl methyl sites for hydroxylation is 1. The van der Waals surface area contributed by atoms with E-state index in [1.807, 2.05) is 60.5 Å². The molecule has 0 radical (unpaired) electrons. The van der Waals surface area contributed by atoms with Crippen LogP contribution in [0.25, 0.3) is 11.4 Å². The Kier molecular flexibility index (Phi) is 4.78. The molecule has 3 rings (SSSR count). The lowest BCUT2D eigenvalue weighted by Gasteiger charge is -2.13. The molecular formula is C18H21N5. The van der Waals surface area contributed by atoms with Gasteiger partial charge in [0.2, 0.25) is 0 Å². The van der Waals surface area contributed by atoms with Crippen LogP contribution in [-0.4, -0.2) is 25.8 Å². The van der Waals surface area contributed by atoms with Crippen LogP contribution in [0.1, 0.15) is 18.1 Å². The quantitative estimate of drug-likeness (QED) is 0.761. The van der Waals surface area contributed by atoms with Gasteiger partial charge in [-0.05, 0) is 19.4 Å². The van der Waals surface area contributed by atoms with Gasteiger partial charge in [0, 0.05) is 42.3 Å². The number of hydrogen-bond donors (Lipinski definition) is 1. The molecule has 0 aliphatic rings. The Labute approximate surface area is 136 Å². The van der Waals surface area contributed by atoms with Crippen molar-refractivity contribution in [2.24, 2.45) is 0 Å². The van der Waals surface area contributed by atoms with Gasteiger partial charge in [0.05, 0.1) is 12.7 Å². The summed E-state index contributed by atoms with van der Waals surface area (Å²) in [6.45, 7) is 5.79. The highest BCUT2D eigenvalue weighted by atomic mass is 15.3. The molecule has 0 fully saturated rings. The van der Waals surface area contributed by atoms with E-state index in [0.717, 1.165) is 30.0 Å². The molecule has 5 nitrogen and oxygen atoms in total. The van der Waals surface area contributed by atoms with Gasteiger partial charge >= 0.3 is 0 Å². The summed E-state index contributed by atoms with van der Waals surface area (Å²) in [5, 5.41) is 7.78. The average Bonchev–Trinajstić information content (AvgIpc) is 2.99. The monoisotopic (exact) mass is 307 g/mol. The normalized spacial score (nSPS) is 12.3. The van der Waals surface area contributed by atoms with Crippen molar-refractivity contribution in [2.75, 3.05) is 0 Å². The fourth-order valence-corrected chi connectivity index (χ4v) is 2.39. The molecule has 0 saturated carbocycles. The molecule has 0 bridgehead atoms. The second-order valence-corrected chi connectivity index (χ2v) is 5.80. The summed E-state index contributed by atoms with van der Waals surface area (Å²) in [6, 6.07) is 10.3. The molecule has 2 aromatic heterocycles. The van der Waals surface area contributed by atoms with Crippen molar-refractivity contribution in [3.8, 4) is 11.4 Å². The molecule has 0 saturated heterocycles. The van der Waals surface area contributed by atoms with E-state index < -0.39 is 0 Å². The predicted molar refractivity (Wildman–Crippen MR) is 90.7 cm³/mol. The Balaban J connectivity index is 1.54. The summed E-state index contributed by atoms with van der Waals surface area (Å²) in [5.74, 6) is 0.759. The first-order valence-corrected chi connectivity index (χ1v) is 7.79. The van der Waals surface area contributed by atoms with Crippen LogP contribution in [0.3, 0.4) is 0 Å². The summed E-state index contributed by atoms with van der Waals surface area (Å²) in [7, 11) is 0. The lowest BCUT2D eigenvalue weighted by Crippen LogP contribution is -2.30. The minimum atomic E-state index is 0.322.